The summed E-state index contributed by atoms with van der Waals surface area (Å²) in [6.07, 6.45) is 21.0. The Balaban J connectivity index is 0.000000267. The summed E-state index contributed by atoms with van der Waals surface area (Å²) in [6, 6.07) is 24.5. The van der Waals surface area contributed by atoms with Crippen LogP contribution < -0.4 is 9.47 Å². The predicted octanol–water partition coefficient (Wildman–Crippen LogP) is 12.1. The molecule has 0 fully saturated rings. The standard InChI is InChI=1S/C28H46N4O2.C22H34N4.C16H22N4/c1-9-11-13-31(19-25-23(5)27(33-7)21(3)17-29-25)15-16-32(14-12-10-2)20-26-24(6)28(34-8)22(4)18-30-26;1-3-5-15-25(19-21-11-7-9-13-23-21)17-18-26(16-6-4-2)20-22-12-8-10-14-24-22;1-19(13-15-7-3-5-9-17-15)11-12-20(2)14-16-8-4-6-10-18-16/h17-18H,9-16,19-20H2,1-8H3;7-14H,3-6,15-20H2,1-2H3;3-10H,11-14H2,1-2H3. The molecule has 0 aliphatic carbocycles. The van der Waals surface area contributed by atoms with Gasteiger partial charge in [0, 0.05) is 138 Å². The summed E-state index contributed by atoms with van der Waals surface area (Å²) < 4.78 is 11.3. The van der Waals surface area contributed by atoms with Gasteiger partial charge in [-0.2, -0.15) is 0 Å². The molecule has 0 amide bonds. The van der Waals surface area contributed by atoms with Gasteiger partial charge in [0.15, 0.2) is 0 Å². The number of aryl methyl sites for hydroxylation is 2. The van der Waals surface area contributed by atoms with Gasteiger partial charge in [-0.25, -0.2) is 0 Å². The van der Waals surface area contributed by atoms with Crippen LogP contribution in [0.15, 0.2) is 110 Å². The number of methoxy groups -OCH3 is 2. The molecule has 438 valence electrons. The summed E-state index contributed by atoms with van der Waals surface area (Å²) in [4.78, 5) is 42.0. The molecule has 0 aromatic carbocycles. The molecule has 0 radical (unpaired) electrons. The van der Waals surface area contributed by atoms with E-state index in [2.05, 4.69) is 155 Å². The zero-order valence-corrected chi connectivity index (χ0v) is 51.5. The van der Waals surface area contributed by atoms with Crippen molar-refractivity contribution in [1.29, 1.82) is 0 Å². The van der Waals surface area contributed by atoms with Crippen molar-refractivity contribution in [2.45, 2.75) is 146 Å². The molecule has 80 heavy (non-hydrogen) atoms. The molecule has 0 spiro atoms. The van der Waals surface area contributed by atoms with Gasteiger partial charge in [0.2, 0.25) is 0 Å². The number of rotatable bonds is 35. The summed E-state index contributed by atoms with van der Waals surface area (Å²) in [5.74, 6) is 1.92. The van der Waals surface area contributed by atoms with Crippen molar-refractivity contribution in [2.24, 2.45) is 0 Å². The summed E-state index contributed by atoms with van der Waals surface area (Å²) in [6.45, 7) is 33.3. The molecule has 6 rings (SSSR count). The van der Waals surface area contributed by atoms with E-state index in [0.29, 0.717) is 0 Å². The predicted molar refractivity (Wildman–Crippen MR) is 331 cm³/mol. The van der Waals surface area contributed by atoms with E-state index in [1.54, 1.807) is 14.2 Å². The fourth-order valence-corrected chi connectivity index (χ4v) is 9.53. The molecule has 6 aromatic heterocycles. The van der Waals surface area contributed by atoms with E-state index in [0.717, 1.165) is 173 Å². The van der Waals surface area contributed by atoms with Crippen molar-refractivity contribution in [3.8, 4) is 11.5 Å². The van der Waals surface area contributed by atoms with Gasteiger partial charge in [0.1, 0.15) is 11.5 Å². The Morgan fingerprint density at radius 1 is 0.350 bits per heavy atom. The Hall–Kier alpha value is -5.74. The van der Waals surface area contributed by atoms with Crippen LogP contribution in [-0.4, -0.2) is 153 Å². The SMILES string of the molecule is CCCCN(CCN(CCCC)Cc1ccccn1)Cc1ccccn1.CCCCN(CCN(CCCC)Cc1ncc(C)c(OC)c1C)Cc1ncc(C)c(OC)c1C.CN(CCN(C)Cc1ccccn1)Cc1ccccn1. The Bertz CT molecular complexity index is 2330. The zero-order chi connectivity index (χ0) is 57.7. The number of hydrogen-bond donors (Lipinski definition) is 0. The molecule has 14 heteroatoms. The van der Waals surface area contributed by atoms with Gasteiger partial charge in [0.25, 0.3) is 0 Å². The number of unbranched alkanes of at least 4 members (excludes halogenated alkanes) is 4. The molecule has 0 atom stereocenters. The molecular weight excluding hydrogens is 993 g/mol. The van der Waals surface area contributed by atoms with Crippen LogP contribution in [0.3, 0.4) is 0 Å². The molecule has 6 aromatic rings. The molecule has 0 aliphatic heterocycles. The van der Waals surface area contributed by atoms with Gasteiger partial charge in [-0.15, -0.1) is 0 Å². The monoisotopic (exact) mass is 1090 g/mol. The van der Waals surface area contributed by atoms with E-state index in [-0.39, 0.29) is 0 Å². The highest BCUT2D eigenvalue weighted by atomic mass is 16.5. The molecule has 0 unspecified atom stereocenters. The lowest BCUT2D eigenvalue weighted by Gasteiger charge is -2.28. The first-order valence-corrected chi connectivity index (χ1v) is 29.8. The minimum atomic E-state index is 0.847. The van der Waals surface area contributed by atoms with Gasteiger partial charge in [-0.1, -0.05) is 77.6 Å². The Labute approximate surface area is 484 Å². The van der Waals surface area contributed by atoms with Gasteiger partial charge < -0.3 is 9.47 Å². The van der Waals surface area contributed by atoms with Gasteiger partial charge in [0.05, 0.1) is 48.4 Å². The van der Waals surface area contributed by atoms with Crippen molar-refractivity contribution in [3.63, 3.8) is 0 Å². The minimum Gasteiger partial charge on any atom is -0.496 e. The normalized spacial score (nSPS) is 11.4. The average molecular weight is 1100 g/mol. The van der Waals surface area contributed by atoms with Crippen LogP contribution in [0.4, 0.5) is 0 Å². The van der Waals surface area contributed by atoms with Gasteiger partial charge in [-0.05, 0) is 142 Å². The third kappa shape index (κ3) is 25.8. The molecular formula is C66H102N12O2. The van der Waals surface area contributed by atoms with Crippen molar-refractivity contribution < 1.29 is 9.47 Å². The first kappa shape index (κ1) is 66.8. The third-order valence-electron chi connectivity index (χ3n) is 14.4. The van der Waals surface area contributed by atoms with E-state index in [4.69, 9.17) is 19.4 Å². The summed E-state index contributed by atoms with van der Waals surface area (Å²) in [5, 5.41) is 0. The molecule has 14 nitrogen and oxygen atoms in total. The van der Waals surface area contributed by atoms with Crippen molar-refractivity contribution in [2.75, 3.05) is 93.8 Å². The van der Waals surface area contributed by atoms with E-state index in [1.165, 1.54) is 51.4 Å². The van der Waals surface area contributed by atoms with Crippen LogP contribution in [0.5, 0.6) is 11.5 Å². The van der Waals surface area contributed by atoms with Gasteiger partial charge >= 0.3 is 0 Å². The largest absolute Gasteiger partial charge is 0.496 e. The molecule has 0 aliphatic rings. The van der Waals surface area contributed by atoms with Crippen LogP contribution in [0.25, 0.3) is 0 Å². The fourth-order valence-electron chi connectivity index (χ4n) is 9.53. The number of nitrogens with zero attached hydrogens (tertiary/aromatic N) is 12. The van der Waals surface area contributed by atoms with E-state index in [1.807, 2.05) is 73.6 Å². The number of aromatic nitrogens is 6. The zero-order valence-electron chi connectivity index (χ0n) is 51.5. The second kappa shape index (κ2) is 39.6. The minimum absolute atomic E-state index is 0.847. The van der Waals surface area contributed by atoms with E-state index >= 15 is 0 Å². The highest BCUT2D eigenvalue weighted by Crippen LogP contribution is 2.26. The number of pyridine rings is 6. The summed E-state index contributed by atoms with van der Waals surface area (Å²) in [5.41, 5.74) is 11.2. The smallest absolute Gasteiger partial charge is 0.128 e. The number of hydrogen-bond acceptors (Lipinski definition) is 14. The second-order valence-electron chi connectivity index (χ2n) is 21.4. The van der Waals surface area contributed by atoms with E-state index < -0.39 is 0 Å². The lowest BCUT2D eigenvalue weighted by Crippen LogP contribution is -2.36. The van der Waals surface area contributed by atoms with Crippen molar-refractivity contribution >= 4 is 0 Å². The van der Waals surface area contributed by atoms with Crippen LogP contribution >= 0.6 is 0 Å². The molecule has 0 bridgehead atoms. The van der Waals surface area contributed by atoms with Gasteiger partial charge in [-0.3, -0.25) is 59.3 Å². The number of ether oxygens (including phenoxy) is 2. The maximum Gasteiger partial charge on any atom is 0.128 e. The topological polar surface area (TPSA) is 115 Å². The maximum absolute atomic E-state index is 5.64. The Kier molecular flexibility index (Phi) is 33.1. The molecule has 6 heterocycles. The van der Waals surface area contributed by atoms with Crippen molar-refractivity contribution in [3.05, 3.63) is 166 Å². The number of likely N-dealkylation sites (N-methyl/N-ethyl adjacent to an activating group) is 2. The van der Waals surface area contributed by atoms with Crippen LogP contribution in [0, 0.1) is 27.7 Å². The van der Waals surface area contributed by atoms with Crippen LogP contribution in [0.2, 0.25) is 0 Å². The van der Waals surface area contributed by atoms with Crippen molar-refractivity contribution in [1.82, 2.24) is 59.3 Å². The highest BCUT2D eigenvalue weighted by Gasteiger charge is 2.18. The average Bonchev–Trinajstić information content (AvgIpc) is 3.48. The molecule has 0 N–H and O–H groups in total. The Morgan fingerprint density at radius 2 is 0.637 bits per heavy atom. The third-order valence-corrected chi connectivity index (χ3v) is 14.4. The maximum atomic E-state index is 5.64. The molecule has 0 saturated carbocycles. The highest BCUT2D eigenvalue weighted by molar-refractivity contribution is 5.42. The lowest BCUT2D eigenvalue weighted by molar-refractivity contribution is 0.186. The van der Waals surface area contributed by atoms with E-state index in [9.17, 15) is 0 Å². The molecule has 0 saturated heterocycles. The van der Waals surface area contributed by atoms with Crippen LogP contribution in [0.1, 0.15) is 135 Å². The second-order valence-corrected chi connectivity index (χ2v) is 21.4. The Morgan fingerprint density at radius 3 is 0.900 bits per heavy atom. The fraction of sp³-hybridized carbons (Fsp3) is 0.545. The summed E-state index contributed by atoms with van der Waals surface area (Å²) in [7, 11) is 7.75. The lowest BCUT2D eigenvalue weighted by atomic mass is 10.1. The quantitative estimate of drug-likeness (QED) is 0.0376. The summed E-state index contributed by atoms with van der Waals surface area (Å²) >= 11 is 0. The first-order chi connectivity index (χ1) is 38.9. The first-order valence-electron chi connectivity index (χ1n) is 29.8. The van der Waals surface area contributed by atoms with Crippen LogP contribution in [-0.2, 0) is 39.3 Å².